The van der Waals surface area contributed by atoms with Gasteiger partial charge in [0, 0.05) is 11.8 Å². The molecule has 5 heteroatoms. The van der Waals surface area contributed by atoms with E-state index in [0.717, 1.165) is 16.8 Å². The van der Waals surface area contributed by atoms with Gasteiger partial charge >= 0.3 is 5.97 Å². The van der Waals surface area contributed by atoms with Gasteiger partial charge in [0.1, 0.15) is 0 Å². The third kappa shape index (κ3) is 2.47. The Morgan fingerprint density at radius 1 is 1.30 bits per heavy atom. The fourth-order valence-corrected chi connectivity index (χ4v) is 1.93. The van der Waals surface area contributed by atoms with Crippen LogP contribution in [0.5, 0.6) is 0 Å². The lowest BCUT2D eigenvalue weighted by molar-refractivity contribution is 0.0686. The van der Waals surface area contributed by atoms with E-state index in [-0.39, 0.29) is 0 Å². The van der Waals surface area contributed by atoms with Gasteiger partial charge in [0.25, 0.3) is 0 Å². The highest BCUT2D eigenvalue weighted by Gasteiger charge is 2.15. The summed E-state index contributed by atoms with van der Waals surface area (Å²) in [5, 5.41) is 13.0. The number of carbonyl (C=O) groups is 1. The Labute approximate surface area is 116 Å². The predicted molar refractivity (Wildman–Crippen MR) is 75.6 cm³/mol. The molecule has 0 bridgehead atoms. The van der Waals surface area contributed by atoms with Crippen molar-refractivity contribution < 1.29 is 9.90 Å². The van der Waals surface area contributed by atoms with Gasteiger partial charge in [-0.05, 0) is 43.5 Å². The first kappa shape index (κ1) is 14.0. The van der Waals surface area contributed by atoms with Crippen LogP contribution in [0.25, 0.3) is 5.69 Å². The highest BCUT2D eigenvalue weighted by atomic mass is 16.4. The first-order chi connectivity index (χ1) is 9.43. The lowest BCUT2D eigenvalue weighted by atomic mass is 10.1. The van der Waals surface area contributed by atoms with Gasteiger partial charge in [-0.3, -0.25) is 4.79 Å². The molecule has 0 radical (unpaired) electrons. The summed E-state index contributed by atoms with van der Waals surface area (Å²) in [5.41, 5.74) is 2.45. The molecule has 0 spiro atoms. The monoisotopic (exact) mass is 272 g/mol. The van der Waals surface area contributed by atoms with Crippen LogP contribution in [0.4, 0.5) is 0 Å². The normalized spacial score (nSPS) is 10.6. The van der Waals surface area contributed by atoms with Gasteiger partial charge in [0.05, 0.1) is 5.69 Å². The SMILES string of the molecule is CCc1cn(-c2ccc(C)c(C)c2)nc(C(=O)O)c1=O. The van der Waals surface area contributed by atoms with Crippen molar-refractivity contribution >= 4 is 5.97 Å². The molecule has 2 rings (SSSR count). The molecule has 0 aliphatic carbocycles. The molecule has 2 aromatic rings. The van der Waals surface area contributed by atoms with Crippen molar-refractivity contribution in [3.8, 4) is 5.69 Å². The zero-order chi connectivity index (χ0) is 14.9. The summed E-state index contributed by atoms with van der Waals surface area (Å²) in [5.74, 6) is -1.30. The van der Waals surface area contributed by atoms with E-state index in [4.69, 9.17) is 5.11 Å². The smallest absolute Gasteiger partial charge is 0.360 e. The maximum atomic E-state index is 11.9. The summed E-state index contributed by atoms with van der Waals surface area (Å²) in [7, 11) is 0. The maximum Gasteiger partial charge on any atom is 0.360 e. The standard InChI is InChI=1S/C15H16N2O3/c1-4-11-8-17(16-13(14(11)18)15(19)20)12-6-5-9(2)10(3)7-12/h5-8H,4H2,1-3H3,(H,19,20). The molecule has 0 saturated carbocycles. The molecule has 20 heavy (non-hydrogen) atoms. The van der Waals surface area contributed by atoms with Crippen molar-refractivity contribution in [2.24, 2.45) is 0 Å². The van der Waals surface area contributed by atoms with Gasteiger partial charge in [0.15, 0.2) is 0 Å². The van der Waals surface area contributed by atoms with E-state index in [1.807, 2.05) is 39.0 Å². The van der Waals surface area contributed by atoms with E-state index in [1.165, 1.54) is 4.68 Å². The van der Waals surface area contributed by atoms with E-state index in [2.05, 4.69) is 5.10 Å². The molecular formula is C15H16N2O3. The van der Waals surface area contributed by atoms with Crippen LogP contribution in [0.2, 0.25) is 0 Å². The molecule has 104 valence electrons. The average molecular weight is 272 g/mol. The second-order valence-corrected chi connectivity index (χ2v) is 4.70. The van der Waals surface area contributed by atoms with E-state index in [9.17, 15) is 9.59 Å². The number of hydrogen-bond donors (Lipinski definition) is 1. The van der Waals surface area contributed by atoms with Crippen molar-refractivity contribution in [1.29, 1.82) is 0 Å². The molecule has 0 saturated heterocycles. The number of rotatable bonds is 3. The minimum Gasteiger partial charge on any atom is -0.476 e. The van der Waals surface area contributed by atoms with Crippen LogP contribution in [0, 0.1) is 13.8 Å². The van der Waals surface area contributed by atoms with Gasteiger partial charge in [-0.2, -0.15) is 5.10 Å². The minimum atomic E-state index is -1.30. The minimum absolute atomic E-state index is 0.440. The van der Waals surface area contributed by atoms with E-state index < -0.39 is 17.1 Å². The lowest BCUT2D eigenvalue weighted by Crippen LogP contribution is -2.24. The molecule has 0 unspecified atom stereocenters. The predicted octanol–water partition coefficient (Wildman–Crippen LogP) is 2.11. The Morgan fingerprint density at radius 2 is 2.00 bits per heavy atom. The molecule has 1 aromatic carbocycles. The van der Waals surface area contributed by atoms with Gasteiger partial charge in [-0.1, -0.05) is 13.0 Å². The number of aromatic nitrogens is 2. The first-order valence-electron chi connectivity index (χ1n) is 6.37. The van der Waals surface area contributed by atoms with Gasteiger partial charge in [-0.15, -0.1) is 0 Å². The summed E-state index contributed by atoms with van der Waals surface area (Å²) >= 11 is 0. The third-order valence-electron chi connectivity index (χ3n) is 3.33. The zero-order valence-corrected chi connectivity index (χ0v) is 11.7. The van der Waals surface area contributed by atoms with Crippen molar-refractivity contribution in [2.75, 3.05) is 0 Å². The van der Waals surface area contributed by atoms with E-state index in [0.29, 0.717) is 12.0 Å². The fourth-order valence-electron chi connectivity index (χ4n) is 1.93. The molecular weight excluding hydrogens is 256 g/mol. The van der Waals surface area contributed by atoms with Gasteiger partial charge in [0.2, 0.25) is 11.1 Å². The average Bonchev–Trinajstić information content (AvgIpc) is 2.42. The topological polar surface area (TPSA) is 72.2 Å². The summed E-state index contributed by atoms with van der Waals surface area (Å²) in [4.78, 5) is 23.0. The van der Waals surface area contributed by atoms with Gasteiger partial charge < -0.3 is 5.11 Å². The number of benzene rings is 1. The number of hydrogen-bond acceptors (Lipinski definition) is 3. The molecule has 0 fully saturated rings. The number of nitrogens with zero attached hydrogens (tertiary/aromatic N) is 2. The Kier molecular flexibility index (Phi) is 3.70. The summed E-state index contributed by atoms with van der Waals surface area (Å²) in [6.45, 7) is 5.78. The summed E-state index contributed by atoms with van der Waals surface area (Å²) < 4.78 is 1.45. The van der Waals surface area contributed by atoms with Crippen LogP contribution < -0.4 is 5.43 Å². The molecule has 0 amide bonds. The quantitative estimate of drug-likeness (QED) is 0.928. The van der Waals surface area contributed by atoms with Crippen molar-refractivity contribution in [1.82, 2.24) is 9.78 Å². The third-order valence-corrected chi connectivity index (χ3v) is 3.33. The number of carboxylic acids is 1. The highest BCUT2D eigenvalue weighted by molar-refractivity contribution is 5.85. The highest BCUT2D eigenvalue weighted by Crippen LogP contribution is 2.13. The number of aromatic carboxylic acids is 1. The lowest BCUT2D eigenvalue weighted by Gasteiger charge is -2.10. The fraction of sp³-hybridized carbons (Fsp3) is 0.267. The van der Waals surface area contributed by atoms with Gasteiger partial charge in [-0.25, -0.2) is 9.48 Å². The summed E-state index contributed by atoms with van der Waals surface area (Å²) in [6, 6.07) is 5.71. The molecule has 5 nitrogen and oxygen atoms in total. The van der Waals surface area contributed by atoms with E-state index in [1.54, 1.807) is 6.20 Å². The maximum absolute atomic E-state index is 11.9. The second-order valence-electron chi connectivity index (χ2n) is 4.70. The Morgan fingerprint density at radius 3 is 2.55 bits per heavy atom. The Balaban J connectivity index is 2.68. The largest absolute Gasteiger partial charge is 0.476 e. The second kappa shape index (κ2) is 5.28. The van der Waals surface area contributed by atoms with Crippen LogP contribution in [0.15, 0.2) is 29.2 Å². The van der Waals surface area contributed by atoms with Crippen LogP contribution in [-0.4, -0.2) is 20.9 Å². The summed E-state index contributed by atoms with van der Waals surface area (Å²) in [6.07, 6.45) is 2.06. The van der Waals surface area contributed by atoms with Crippen LogP contribution in [-0.2, 0) is 6.42 Å². The number of carboxylic acid groups (broad SMARTS) is 1. The van der Waals surface area contributed by atoms with Crippen LogP contribution in [0.1, 0.15) is 34.1 Å². The van der Waals surface area contributed by atoms with Crippen molar-refractivity contribution in [3.63, 3.8) is 0 Å². The molecule has 1 aromatic heterocycles. The van der Waals surface area contributed by atoms with E-state index >= 15 is 0 Å². The molecule has 0 atom stereocenters. The van der Waals surface area contributed by atoms with Crippen LogP contribution >= 0.6 is 0 Å². The zero-order valence-electron chi connectivity index (χ0n) is 11.7. The Hall–Kier alpha value is -2.43. The molecule has 0 aliphatic rings. The van der Waals surface area contributed by atoms with Crippen LogP contribution in [0.3, 0.4) is 0 Å². The number of aryl methyl sites for hydroxylation is 3. The molecule has 1 N–H and O–H groups in total. The first-order valence-corrected chi connectivity index (χ1v) is 6.37. The van der Waals surface area contributed by atoms with Crippen molar-refractivity contribution in [2.45, 2.75) is 27.2 Å². The molecule has 1 heterocycles. The Bertz CT molecular complexity index is 732. The molecule has 0 aliphatic heterocycles. The van der Waals surface area contributed by atoms with Crippen molar-refractivity contribution in [3.05, 3.63) is 57.0 Å².